The summed E-state index contributed by atoms with van der Waals surface area (Å²) in [6.07, 6.45) is 0. The zero-order chi connectivity index (χ0) is 8.91. The Balaban J connectivity index is 3.61. The summed E-state index contributed by atoms with van der Waals surface area (Å²) in [7, 11) is 1.34. The van der Waals surface area contributed by atoms with Crippen LogP contribution in [0.1, 0.15) is 13.8 Å². The molecule has 0 fully saturated rings. The fraction of sp³-hybridized carbons (Fsp3) is 0.857. The normalized spacial score (nSPS) is 11.3. The van der Waals surface area contributed by atoms with E-state index in [1.165, 1.54) is 7.11 Å². The van der Waals surface area contributed by atoms with Crippen LogP contribution >= 0.6 is 15.9 Å². The molecule has 0 radical (unpaired) electrons. The van der Waals surface area contributed by atoms with Gasteiger partial charge < -0.3 is 9.47 Å². The van der Waals surface area contributed by atoms with Gasteiger partial charge in [0.05, 0.1) is 12.7 Å². The molecule has 66 valence electrons. The Morgan fingerprint density at radius 3 is 2.45 bits per heavy atom. The third kappa shape index (κ3) is 5.21. The van der Waals surface area contributed by atoms with Crippen molar-refractivity contribution in [2.75, 3.05) is 19.0 Å². The van der Waals surface area contributed by atoms with Crippen LogP contribution in [0.2, 0.25) is 0 Å². The fourth-order valence-electron chi connectivity index (χ4n) is 0.352. The number of methoxy groups -OCH3 is 1. The highest BCUT2D eigenvalue weighted by atomic mass is 79.9. The van der Waals surface area contributed by atoms with Crippen molar-refractivity contribution in [2.45, 2.75) is 19.4 Å². The Kier molecular flexibility index (Phi) is 4.68. The Morgan fingerprint density at radius 1 is 1.55 bits per heavy atom. The van der Waals surface area contributed by atoms with Gasteiger partial charge in [0.25, 0.3) is 0 Å². The lowest BCUT2D eigenvalue weighted by atomic mass is 10.2. The van der Waals surface area contributed by atoms with E-state index in [9.17, 15) is 4.79 Å². The van der Waals surface area contributed by atoms with Crippen molar-refractivity contribution in [1.29, 1.82) is 0 Å². The summed E-state index contributed by atoms with van der Waals surface area (Å²) < 4.78 is 9.62. The number of alkyl halides is 1. The predicted octanol–water partition coefficient (Wildman–Crippen LogP) is 1.35. The molecule has 0 aromatic heterocycles. The number of rotatable bonds is 4. The summed E-state index contributed by atoms with van der Waals surface area (Å²) >= 11 is 3.27. The molecular formula is C7H13BrO3. The van der Waals surface area contributed by atoms with Gasteiger partial charge in [0, 0.05) is 5.33 Å². The van der Waals surface area contributed by atoms with E-state index in [2.05, 4.69) is 20.7 Å². The monoisotopic (exact) mass is 224 g/mol. The Labute approximate surface area is 75.2 Å². The lowest BCUT2D eigenvalue weighted by Crippen LogP contribution is -2.29. The summed E-state index contributed by atoms with van der Waals surface area (Å²) in [5, 5.41) is 0.691. The van der Waals surface area contributed by atoms with Crippen molar-refractivity contribution in [3.8, 4) is 0 Å². The third-order valence-electron chi connectivity index (χ3n) is 1.13. The van der Waals surface area contributed by atoms with Crippen molar-refractivity contribution in [2.24, 2.45) is 0 Å². The molecule has 0 spiro atoms. The summed E-state index contributed by atoms with van der Waals surface area (Å²) in [6, 6.07) is 0. The van der Waals surface area contributed by atoms with E-state index >= 15 is 0 Å². The number of carbonyl (C=O) groups excluding carboxylic acids is 1. The second-order valence-electron chi connectivity index (χ2n) is 2.76. The minimum atomic E-state index is -0.348. The molecule has 0 saturated carbocycles. The molecule has 0 aliphatic rings. The number of esters is 1. The smallest absolute Gasteiger partial charge is 0.331 e. The molecule has 4 heteroatoms. The number of hydrogen-bond acceptors (Lipinski definition) is 3. The quantitative estimate of drug-likeness (QED) is 0.535. The van der Waals surface area contributed by atoms with Gasteiger partial charge in [-0.2, -0.15) is 0 Å². The molecular weight excluding hydrogens is 212 g/mol. The standard InChI is InChI=1S/C7H13BrO3/c1-7(2,5-8)11-4-6(9)10-3/h4-5H2,1-3H3. The van der Waals surface area contributed by atoms with Gasteiger partial charge >= 0.3 is 5.97 Å². The van der Waals surface area contributed by atoms with Crippen LogP contribution in [-0.2, 0) is 14.3 Å². The predicted molar refractivity (Wildman–Crippen MR) is 45.8 cm³/mol. The van der Waals surface area contributed by atoms with E-state index in [1.54, 1.807) is 0 Å². The van der Waals surface area contributed by atoms with E-state index in [0.29, 0.717) is 5.33 Å². The second-order valence-corrected chi connectivity index (χ2v) is 3.32. The topological polar surface area (TPSA) is 35.5 Å². The van der Waals surface area contributed by atoms with Gasteiger partial charge in [-0.05, 0) is 13.8 Å². The zero-order valence-electron chi connectivity index (χ0n) is 7.02. The highest BCUT2D eigenvalue weighted by molar-refractivity contribution is 9.09. The maximum absolute atomic E-state index is 10.6. The molecule has 0 aromatic carbocycles. The van der Waals surface area contributed by atoms with Crippen LogP contribution in [0.5, 0.6) is 0 Å². The zero-order valence-corrected chi connectivity index (χ0v) is 8.60. The molecule has 0 heterocycles. The van der Waals surface area contributed by atoms with Crippen LogP contribution < -0.4 is 0 Å². The van der Waals surface area contributed by atoms with E-state index in [1.807, 2.05) is 13.8 Å². The molecule has 0 rings (SSSR count). The summed E-state index contributed by atoms with van der Waals surface area (Å²) in [4.78, 5) is 10.6. The van der Waals surface area contributed by atoms with Gasteiger partial charge in [0.15, 0.2) is 0 Å². The van der Waals surface area contributed by atoms with Crippen molar-refractivity contribution >= 4 is 21.9 Å². The molecule has 0 bridgehead atoms. The summed E-state index contributed by atoms with van der Waals surface area (Å²) in [5.41, 5.74) is -0.311. The number of hydrogen-bond donors (Lipinski definition) is 0. The van der Waals surface area contributed by atoms with Gasteiger partial charge in [0.2, 0.25) is 0 Å². The SMILES string of the molecule is COC(=O)COC(C)(C)CBr. The van der Waals surface area contributed by atoms with Crippen molar-refractivity contribution in [3.05, 3.63) is 0 Å². The van der Waals surface area contributed by atoms with Crippen LogP contribution in [0, 0.1) is 0 Å². The first kappa shape index (κ1) is 10.9. The van der Waals surface area contributed by atoms with E-state index in [-0.39, 0.29) is 18.2 Å². The molecule has 0 unspecified atom stereocenters. The van der Waals surface area contributed by atoms with Gasteiger partial charge in [-0.3, -0.25) is 0 Å². The number of carbonyl (C=O) groups is 1. The molecule has 0 amide bonds. The summed E-state index contributed by atoms with van der Waals surface area (Å²) in [6.45, 7) is 3.80. The average molecular weight is 225 g/mol. The van der Waals surface area contributed by atoms with Crippen LogP contribution in [0.25, 0.3) is 0 Å². The minimum absolute atomic E-state index is 0.00903. The van der Waals surface area contributed by atoms with Crippen LogP contribution in [0.3, 0.4) is 0 Å². The Hall–Kier alpha value is -0.0900. The summed E-state index contributed by atoms with van der Waals surface area (Å²) in [5.74, 6) is -0.348. The van der Waals surface area contributed by atoms with Gasteiger partial charge in [-0.25, -0.2) is 4.79 Å². The van der Waals surface area contributed by atoms with Crippen molar-refractivity contribution in [1.82, 2.24) is 0 Å². The van der Waals surface area contributed by atoms with Gasteiger partial charge in [-0.1, -0.05) is 15.9 Å². The molecule has 0 aliphatic heterocycles. The first-order valence-electron chi connectivity index (χ1n) is 3.28. The second kappa shape index (κ2) is 4.72. The third-order valence-corrected chi connectivity index (χ3v) is 2.48. The lowest BCUT2D eigenvalue weighted by molar-refractivity contribution is -0.150. The molecule has 0 atom stereocenters. The molecule has 0 aromatic rings. The Bertz CT molecular complexity index is 134. The molecule has 0 aliphatic carbocycles. The molecule has 0 N–H and O–H groups in total. The van der Waals surface area contributed by atoms with E-state index in [0.717, 1.165) is 0 Å². The highest BCUT2D eigenvalue weighted by Crippen LogP contribution is 2.11. The van der Waals surface area contributed by atoms with Crippen molar-refractivity contribution in [3.63, 3.8) is 0 Å². The number of halogens is 1. The van der Waals surface area contributed by atoms with Crippen molar-refractivity contribution < 1.29 is 14.3 Å². The maximum Gasteiger partial charge on any atom is 0.331 e. The highest BCUT2D eigenvalue weighted by Gasteiger charge is 2.17. The minimum Gasteiger partial charge on any atom is -0.467 e. The van der Waals surface area contributed by atoms with Crippen LogP contribution in [-0.4, -0.2) is 30.6 Å². The first-order valence-corrected chi connectivity index (χ1v) is 4.41. The largest absolute Gasteiger partial charge is 0.467 e. The van der Waals surface area contributed by atoms with Crippen LogP contribution in [0.15, 0.2) is 0 Å². The maximum atomic E-state index is 10.6. The Morgan fingerprint density at radius 2 is 2.09 bits per heavy atom. The number of ether oxygens (including phenoxy) is 2. The lowest BCUT2D eigenvalue weighted by Gasteiger charge is -2.21. The average Bonchev–Trinajstić information content (AvgIpc) is 2.00. The molecule has 3 nitrogen and oxygen atoms in total. The van der Waals surface area contributed by atoms with E-state index in [4.69, 9.17) is 4.74 Å². The van der Waals surface area contributed by atoms with Gasteiger partial charge in [-0.15, -0.1) is 0 Å². The molecule has 11 heavy (non-hydrogen) atoms. The van der Waals surface area contributed by atoms with Crippen LogP contribution in [0.4, 0.5) is 0 Å². The molecule has 0 saturated heterocycles. The van der Waals surface area contributed by atoms with Gasteiger partial charge in [0.1, 0.15) is 6.61 Å². The first-order chi connectivity index (χ1) is 5.02. The van der Waals surface area contributed by atoms with E-state index < -0.39 is 0 Å². The fourth-order valence-corrected chi connectivity index (χ4v) is 0.514.